The Hall–Kier alpha value is -2.69. The van der Waals surface area contributed by atoms with Crippen LogP contribution < -0.4 is 14.2 Å². The summed E-state index contributed by atoms with van der Waals surface area (Å²) in [5, 5.41) is 1.72. The van der Waals surface area contributed by atoms with Gasteiger partial charge in [-0.25, -0.2) is 4.79 Å². The van der Waals surface area contributed by atoms with E-state index >= 15 is 0 Å². The molecule has 0 bridgehead atoms. The third kappa shape index (κ3) is 2.15. The van der Waals surface area contributed by atoms with E-state index in [0.29, 0.717) is 17.2 Å². The summed E-state index contributed by atoms with van der Waals surface area (Å²) < 4.78 is 21.3. The third-order valence-corrected chi connectivity index (χ3v) is 3.65. The van der Waals surface area contributed by atoms with Crippen LogP contribution in [-0.2, 0) is 9.53 Å². The molecule has 0 saturated carbocycles. The van der Waals surface area contributed by atoms with E-state index in [1.54, 1.807) is 20.3 Å². The van der Waals surface area contributed by atoms with Crippen LogP contribution in [0.15, 0.2) is 30.3 Å². The zero-order chi connectivity index (χ0) is 15.7. The van der Waals surface area contributed by atoms with Gasteiger partial charge in [0.1, 0.15) is 5.75 Å². The van der Waals surface area contributed by atoms with E-state index in [1.807, 2.05) is 30.3 Å². The van der Waals surface area contributed by atoms with Crippen molar-refractivity contribution in [3.05, 3.63) is 35.9 Å². The lowest BCUT2D eigenvalue weighted by Crippen LogP contribution is -2.28. The lowest BCUT2D eigenvalue weighted by Gasteiger charge is -2.22. The molecule has 0 spiro atoms. The van der Waals surface area contributed by atoms with Crippen LogP contribution in [0.2, 0.25) is 0 Å². The van der Waals surface area contributed by atoms with Gasteiger partial charge in [-0.1, -0.05) is 12.1 Å². The fourth-order valence-electron chi connectivity index (χ4n) is 2.58. The van der Waals surface area contributed by atoms with Gasteiger partial charge in [-0.05, 0) is 24.3 Å². The molecule has 0 fully saturated rings. The summed E-state index contributed by atoms with van der Waals surface area (Å²) in [6.07, 6.45) is 2.80. The first-order valence-corrected chi connectivity index (χ1v) is 6.80. The number of ether oxygens (including phenoxy) is 4. The molecule has 1 aliphatic heterocycles. The highest BCUT2D eigenvalue weighted by molar-refractivity contribution is 5.98. The van der Waals surface area contributed by atoms with Crippen LogP contribution in [0.3, 0.4) is 0 Å². The molecule has 0 radical (unpaired) electrons. The van der Waals surface area contributed by atoms with E-state index in [0.717, 1.165) is 16.3 Å². The van der Waals surface area contributed by atoms with Crippen molar-refractivity contribution in [2.75, 3.05) is 21.3 Å². The van der Waals surface area contributed by atoms with Crippen LogP contribution in [-0.4, -0.2) is 33.4 Å². The summed E-state index contributed by atoms with van der Waals surface area (Å²) in [7, 11) is 4.52. The number of hydrogen-bond acceptors (Lipinski definition) is 5. The first-order chi connectivity index (χ1) is 10.7. The largest absolute Gasteiger partial charge is 0.493 e. The molecule has 1 heterocycles. The van der Waals surface area contributed by atoms with Crippen molar-refractivity contribution in [2.24, 2.45) is 0 Å². The molecular weight excluding hydrogens is 284 g/mol. The number of benzene rings is 2. The summed E-state index contributed by atoms with van der Waals surface area (Å²) >= 11 is 0. The SMILES string of the molecule is COC(=O)C1C=Cc2ccc3c(OC)c(OC)ccc3c2O1. The Bertz CT molecular complexity index is 763. The molecule has 0 amide bonds. The van der Waals surface area contributed by atoms with Crippen LogP contribution in [0.1, 0.15) is 5.56 Å². The Morgan fingerprint density at radius 3 is 2.50 bits per heavy atom. The molecule has 3 rings (SSSR count). The quantitative estimate of drug-likeness (QED) is 0.816. The average Bonchev–Trinajstić information content (AvgIpc) is 2.58. The molecule has 2 aromatic rings. The zero-order valence-electron chi connectivity index (χ0n) is 12.6. The normalized spacial score (nSPS) is 15.9. The number of methoxy groups -OCH3 is 3. The van der Waals surface area contributed by atoms with E-state index < -0.39 is 12.1 Å². The Morgan fingerprint density at radius 2 is 1.82 bits per heavy atom. The molecule has 0 N–H and O–H groups in total. The lowest BCUT2D eigenvalue weighted by atomic mass is 10.0. The molecule has 2 aromatic carbocycles. The van der Waals surface area contributed by atoms with E-state index in [9.17, 15) is 4.79 Å². The van der Waals surface area contributed by atoms with Gasteiger partial charge in [0.25, 0.3) is 0 Å². The second-order valence-corrected chi connectivity index (χ2v) is 4.80. The number of hydrogen-bond donors (Lipinski definition) is 0. The molecule has 0 aliphatic carbocycles. The highest BCUT2D eigenvalue weighted by Gasteiger charge is 2.25. The van der Waals surface area contributed by atoms with Crippen LogP contribution in [0.4, 0.5) is 0 Å². The second kappa shape index (κ2) is 5.60. The van der Waals surface area contributed by atoms with Gasteiger partial charge in [-0.3, -0.25) is 0 Å². The molecule has 1 atom stereocenters. The molecule has 1 unspecified atom stereocenters. The number of fused-ring (bicyclic) bond motifs is 3. The Kier molecular flexibility index (Phi) is 3.63. The first-order valence-electron chi connectivity index (χ1n) is 6.80. The molecule has 5 nitrogen and oxygen atoms in total. The van der Waals surface area contributed by atoms with Gasteiger partial charge >= 0.3 is 5.97 Å². The highest BCUT2D eigenvalue weighted by Crippen LogP contribution is 2.42. The Labute approximate surface area is 128 Å². The monoisotopic (exact) mass is 300 g/mol. The van der Waals surface area contributed by atoms with Gasteiger partial charge < -0.3 is 18.9 Å². The van der Waals surface area contributed by atoms with Crippen LogP contribution in [0, 0.1) is 0 Å². The predicted octanol–water partition coefficient (Wildman–Crippen LogP) is 2.80. The third-order valence-electron chi connectivity index (χ3n) is 3.65. The fourth-order valence-corrected chi connectivity index (χ4v) is 2.58. The number of esters is 1. The van der Waals surface area contributed by atoms with Crippen molar-refractivity contribution in [1.82, 2.24) is 0 Å². The van der Waals surface area contributed by atoms with Gasteiger partial charge in [0.05, 0.1) is 21.3 Å². The Morgan fingerprint density at radius 1 is 1.05 bits per heavy atom. The molecular formula is C17H16O5. The standard InChI is InChI=1S/C17H16O5/c1-19-13-9-7-11-12(16(13)20-2)6-4-10-5-8-14(17(18)21-3)22-15(10)11/h4-9,14H,1-3H3. The van der Waals surface area contributed by atoms with Crippen molar-refractivity contribution in [3.8, 4) is 17.2 Å². The van der Waals surface area contributed by atoms with Crippen LogP contribution >= 0.6 is 0 Å². The topological polar surface area (TPSA) is 54.0 Å². The van der Waals surface area contributed by atoms with Crippen LogP contribution in [0.5, 0.6) is 17.2 Å². The van der Waals surface area contributed by atoms with Crippen molar-refractivity contribution >= 4 is 22.8 Å². The molecule has 5 heteroatoms. The number of rotatable bonds is 3. The summed E-state index contributed by atoms with van der Waals surface area (Å²) in [6, 6.07) is 7.57. The van der Waals surface area contributed by atoms with Gasteiger partial charge in [0, 0.05) is 16.3 Å². The molecule has 22 heavy (non-hydrogen) atoms. The smallest absolute Gasteiger partial charge is 0.351 e. The van der Waals surface area contributed by atoms with Crippen molar-refractivity contribution in [1.29, 1.82) is 0 Å². The first kappa shape index (κ1) is 14.3. The maximum atomic E-state index is 11.7. The minimum Gasteiger partial charge on any atom is -0.493 e. The summed E-state index contributed by atoms with van der Waals surface area (Å²) in [6.45, 7) is 0. The maximum absolute atomic E-state index is 11.7. The van der Waals surface area contributed by atoms with Crippen LogP contribution in [0.25, 0.3) is 16.8 Å². The van der Waals surface area contributed by atoms with Crippen molar-refractivity contribution < 1.29 is 23.7 Å². The molecule has 1 aliphatic rings. The summed E-state index contributed by atoms with van der Waals surface area (Å²) in [5.41, 5.74) is 0.903. The fraction of sp³-hybridized carbons (Fsp3) is 0.235. The molecule has 0 saturated heterocycles. The Balaban J connectivity index is 2.18. The van der Waals surface area contributed by atoms with Gasteiger partial charge in [-0.2, -0.15) is 0 Å². The van der Waals surface area contributed by atoms with Gasteiger partial charge in [-0.15, -0.1) is 0 Å². The van der Waals surface area contributed by atoms with Crippen molar-refractivity contribution in [3.63, 3.8) is 0 Å². The van der Waals surface area contributed by atoms with Gasteiger partial charge in [0.15, 0.2) is 11.5 Å². The summed E-state index contributed by atoms with van der Waals surface area (Å²) in [5.74, 6) is 1.48. The van der Waals surface area contributed by atoms with Crippen molar-refractivity contribution in [2.45, 2.75) is 6.10 Å². The average molecular weight is 300 g/mol. The number of carbonyl (C=O) groups excluding carboxylic acids is 1. The summed E-state index contributed by atoms with van der Waals surface area (Å²) in [4.78, 5) is 11.7. The minimum absolute atomic E-state index is 0.431. The lowest BCUT2D eigenvalue weighted by molar-refractivity contribution is -0.146. The van der Waals surface area contributed by atoms with E-state index in [2.05, 4.69) is 0 Å². The molecule has 0 aromatic heterocycles. The van der Waals surface area contributed by atoms with E-state index in [4.69, 9.17) is 18.9 Å². The minimum atomic E-state index is -0.740. The van der Waals surface area contributed by atoms with E-state index in [-0.39, 0.29) is 0 Å². The predicted molar refractivity (Wildman–Crippen MR) is 82.5 cm³/mol. The highest BCUT2D eigenvalue weighted by atomic mass is 16.6. The second-order valence-electron chi connectivity index (χ2n) is 4.80. The van der Waals surface area contributed by atoms with E-state index in [1.165, 1.54) is 7.11 Å². The van der Waals surface area contributed by atoms with Gasteiger partial charge in [0.2, 0.25) is 6.10 Å². The zero-order valence-corrected chi connectivity index (χ0v) is 12.6. The molecule has 114 valence electrons. The number of carbonyl (C=O) groups is 1. The maximum Gasteiger partial charge on any atom is 0.351 e.